The predicted octanol–water partition coefficient (Wildman–Crippen LogP) is 1.64. The molecular formula is C14H17N3O4. The van der Waals surface area contributed by atoms with Crippen molar-refractivity contribution in [3.05, 3.63) is 40.0 Å². The van der Waals surface area contributed by atoms with E-state index >= 15 is 0 Å². The smallest absolute Gasteiger partial charge is 0.339 e. The fraction of sp³-hybridized carbons (Fsp3) is 0.357. The number of nitrogens with zero attached hydrogens (tertiary/aromatic N) is 1. The Morgan fingerprint density at radius 1 is 1.38 bits per heavy atom. The van der Waals surface area contributed by atoms with E-state index in [0.717, 1.165) is 0 Å². The quantitative estimate of drug-likeness (QED) is 0.835. The van der Waals surface area contributed by atoms with Crippen molar-refractivity contribution in [1.82, 2.24) is 15.5 Å². The fourth-order valence-corrected chi connectivity index (χ4v) is 2.15. The van der Waals surface area contributed by atoms with Crippen molar-refractivity contribution in [2.24, 2.45) is 0 Å². The highest BCUT2D eigenvalue weighted by Gasteiger charge is 2.22. The van der Waals surface area contributed by atoms with Crippen molar-refractivity contribution < 1.29 is 18.8 Å². The molecule has 0 saturated heterocycles. The second-order valence-corrected chi connectivity index (χ2v) is 4.73. The number of carbonyl (C=O) groups excluding carboxylic acids is 2. The number of aryl methyl sites for hydroxylation is 2. The first-order valence-corrected chi connectivity index (χ1v) is 6.42. The van der Waals surface area contributed by atoms with Gasteiger partial charge >= 0.3 is 5.97 Å². The van der Waals surface area contributed by atoms with Gasteiger partial charge in [-0.1, -0.05) is 5.16 Å². The summed E-state index contributed by atoms with van der Waals surface area (Å²) in [6, 6.07) is 1.74. The number of esters is 1. The third-order valence-electron chi connectivity index (χ3n) is 3.16. The van der Waals surface area contributed by atoms with Crippen LogP contribution < -0.4 is 5.32 Å². The molecule has 2 aromatic heterocycles. The average Bonchev–Trinajstić information content (AvgIpc) is 2.99. The van der Waals surface area contributed by atoms with Gasteiger partial charge in [-0.15, -0.1) is 0 Å². The second kappa shape index (κ2) is 5.82. The molecule has 0 atom stereocenters. The summed E-state index contributed by atoms with van der Waals surface area (Å²) in [5, 5.41) is 6.52. The zero-order chi connectivity index (χ0) is 15.6. The summed E-state index contributed by atoms with van der Waals surface area (Å²) in [7, 11) is 1.31. The van der Waals surface area contributed by atoms with Crippen LogP contribution in [0.25, 0.3) is 0 Å². The van der Waals surface area contributed by atoms with Gasteiger partial charge in [-0.3, -0.25) is 4.79 Å². The molecule has 2 N–H and O–H groups in total. The van der Waals surface area contributed by atoms with E-state index in [2.05, 4.69) is 15.5 Å². The second-order valence-electron chi connectivity index (χ2n) is 4.73. The molecule has 1 amide bonds. The van der Waals surface area contributed by atoms with Gasteiger partial charge in [-0.25, -0.2) is 4.79 Å². The van der Waals surface area contributed by atoms with Crippen molar-refractivity contribution >= 4 is 11.9 Å². The van der Waals surface area contributed by atoms with Crippen LogP contribution in [0, 0.1) is 20.8 Å². The summed E-state index contributed by atoms with van der Waals surface area (Å²) in [4.78, 5) is 26.8. The van der Waals surface area contributed by atoms with Crippen LogP contribution in [0.15, 0.2) is 10.6 Å². The topological polar surface area (TPSA) is 97.2 Å². The monoisotopic (exact) mass is 291 g/mol. The number of ether oxygens (including phenoxy) is 1. The lowest BCUT2D eigenvalue weighted by molar-refractivity contribution is 0.0599. The number of hydrogen-bond acceptors (Lipinski definition) is 5. The summed E-state index contributed by atoms with van der Waals surface area (Å²) < 4.78 is 9.64. The first-order valence-electron chi connectivity index (χ1n) is 6.42. The molecule has 0 radical (unpaired) electrons. The Morgan fingerprint density at radius 2 is 2.10 bits per heavy atom. The van der Waals surface area contributed by atoms with Crippen molar-refractivity contribution in [1.29, 1.82) is 0 Å². The molecule has 0 aliphatic rings. The Kier molecular flexibility index (Phi) is 4.11. The van der Waals surface area contributed by atoms with Gasteiger partial charge in [0.25, 0.3) is 5.91 Å². The number of aromatic nitrogens is 2. The van der Waals surface area contributed by atoms with E-state index in [0.29, 0.717) is 34.0 Å². The predicted molar refractivity (Wildman–Crippen MR) is 74.0 cm³/mol. The largest absolute Gasteiger partial charge is 0.465 e. The molecule has 7 nitrogen and oxygen atoms in total. The normalized spacial score (nSPS) is 10.5. The maximum absolute atomic E-state index is 12.2. The van der Waals surface area contributed by atoms with Gasteiger partial charge in [-0.2, -0.15) is 0 Å². The van der Waals surface area contributed by atoms with Gasteiger partial charge in [0.2, 0.25) is 0 Å². The van der Waals surface area contributed by atoms with Crippen molar-refractivity contribution in [2.45, 2.75) is 27.3 Å². The molecule has 2 aromatic rings. The maximum Gasteiger partial charge on any atom is 0.339 e. The minimum atomic E-state index is -0.465. The van der Waals surface area contributed by atoms with Crippen LogP contribution in [0.1, 0.15) is 43.6 Å². The summed E-state index contributed by atoms with van der Waals surface area (Å²) in [5.41, 5.74) is 2.53. The molecular weight excluding hydrogens is 274 g/mol. The van der Waals surface area contributed by atoms with Crippen LogP contribution in [-0.4, -0.2) is 29.1 Å². The SMILES string of the molecule is COC(=O)c1c(C)[nH]c(C(=O)NCc2cc(C)on2)c1C. The summed E-state index contributed by atoms with van der Waals surface area (Å²) in [6.07, 6.45) is 0. The first-order chi connectivity index (χ1) is 9.93. The highest BCUT2D eigenvalue weighted by molar-refractivity contribution is 6.00. The molecule has 0 aromatic carbocycles. The van der Waals surface area contributed by atoms with Gasteiger partial charge < -0.3 is 19.6 Å². The van der Waals surface area contributed by atoms with Gasteiger partial charge in [0.05, 0.1) is 19.2 Å². The number of H-pyrrole nitrogens is 1. The van der Waals surface area contributed by atoms with Gasteiger partial charge in [0.1, 0.15) is 17.1 Å². The van der Waals surface area contributed by atoms with E-state index in [1.165, 1.54) is 7.11 Å². The van der Waals surface area contributed by atoms with Crippen LogP contribution in [0.2, 0.25) is 0 Å². The van der Waals surface area contributed by atoms with Crippen molar-refractivity contribution in [3.63, 3.8) is 0 Å². The van der Waals surface area contributed by atoms with E-state index in [1.807, 2.05) is 0 Å². The minimum Gasteiger partial charge on any atom is -0.465 e. The number of methoxy groups -OCH3 is 1. The van der Waals surface area contributed by atoms with Gasteiger partial charge in [-0.05, 0) is 26.3 Å². The highest BCUT2D eigenvalue weighted by Crippen LogP contribution is 2.18. The average molecular weight is 291 g/mol. The number of amides is 1. The fourth-order valence-electron chi connectivity index (χ4n) is 2.15. The molecule has 0 bridgehead atoms. The molecule has 0 spiro atoms. The lowest BCUT2D eigenvalue weighted by Crippen LogP contribution is -2.24. The number of carbonyl (C=O) groups is 2. The summed E-state index contributed by atoms with van der Waals surface area (Å²) >= 11 is 0. The number of hydrogen-bond donors (Lipinski definition) is 2. The van der Waals surface area contributed by atoms with E-state index in [1.54, 1.807) is 26.8 Å². The Labute approximate surface area is 121 Å². The van der Waals surface area contributed by atoms with Crippen LogP contribution in [0.4, 0.5) is 0 Å². The first kappa shape index (κ1) is 14.8. The summed E-state index contributed by atoms with van der Waals surface area (Å²) in [5.74, 6) is -0.0991. The molecule has 2 heterocycles. The molecule has 2 rings (SSSR count). The van der Waals surface area contributed by atoms with Crippen molar-refractivity contribution in [3.8, 4) is 0 Å². The van der Waals surface area contributed by atoms with Crippen molar-refractivity contribution in [2.75, 3.05) is 7.11 Å². The molecule has 112 valence electrons. The summed E-state index contributed by atoms with van der Waals surface area (Å²) in [6.45, 7) is 5.45. The van der Waals surface area contributed by atoms with E-state index in [-0.39, 0.29) is 12.5 Å². The molecule has 0 aliphatic carbocycles. The lowest BCUT2D eigenvalue weighted by atomic mass is 10.1. The lowest BCUT2D eigenvalue weighted by Gasteiger charge is -2.03. The molecule has 0 fully saturated rings. The molecule has 7 heteroatoms. The van der Waals surface area contributed by atoms with Gasteiger partial charge in [0, 0.05) is 11.8 Å². The minimum absolute atomic E-state index is 0.251. The third kappa shape index (κ3) is 2.96. The standard InChI is InChI=1S/C14H17N3O4/c1-7-5-10(17-21-7)6-15-13(18)12-8(2)11(9(3)16-12)14(19)20-4/h5,16H,6H2,1-4H3,(H,15,18). The zero-order valence-corrected chi connectivity index (χ0v) is 12.4. The number of aromatic amines is 1. The van der Waals surface area contributed by atoms with E-state index in [9.17, 15) is 9.59 Å². The van der Waals surface area contributed by atoms with Crippen LogP contribution in [-0.2, 0) is 11.3 Å². The number of nitrogens with one attached hydrogen (secondary N) is 2. The Morgan fingerprint density at radius 3 is 2.67 bits per heavy atom. The maximum atomic E-state index is 12.2. The van der Waals surface area contributed by atoms with E-state index < -0.39 is 5.97 Å². The Bertz CT molecular complexity index is 684. The Hall–Kier alpha value is -2.57. The highest BCUT2D eigenvalue weighted by atomic mass is 16.5. The van der Waals surface area contributed by atoms with Crippen LogP contribution >= 0.6 is 0 Å². The van der Waals surface area contributed by atoms with Crippen LogP contribution in [0.3, 0.4) is 0 Å². The molecule has 0 unspecified atom stereocenters. The molecule has 0 aliphatic heterocycles. The van der Waals surface area contributed by atoms with Gasteiger partial charge in [0.15, 0.2) is 0 Å². The number of rotatable bonds is 4. The van der Waals surface area contributed by atoms with E-state index in [4.69, 9.17) is 9.26 Å². The third-order valence-corrected chi connectivity index (χ3v) is 3.16. The zero-order valence-electron chi connectivity index (χ0n) is 12.4. The molecule has 21 heavy (non-hydrogen) atoms. The Balaban J connectivity index is 2.14. The molecule has 0 saturated carbocycles. The van der Waals surface area contributed by atoms with Crippen LogP contribution in [0.5, 0.6) is 0 Å².